The maximum absolute atomic E-state index is 12.8. The Morgan fingerprint density at radius 2 is 2.15 bits per heavy atom. The van der Waals surface area contributed by atoms with Gasteiger partial charge in [0.2, 0.25) is 5.91 Å². The number of carbonyl (C=O) groups is 1. The first-order valence-corrected chi connectivity index (χ1v) is 3.82. The van der Waals surface area contributed by atoms with Crippen molar-refractivity contribution >= 4 is 12.0 Å². The molecule has 0 saturated carbocycles. The molecule has 1 aromatic rings. The highest BCUT2D eigenvalue weighted by molar-refractivity contribution is 5.90. The summed E-state index contributed by atoms with van der Waals surface area (Å²) in [6.07, 6.45) is 2.69. The first kappa shape index (κ1) is 9.45. The van der Waals surface area contributed by atoms with Crippen molar-refractivity contribution in [3.05, 3.63) is 41.2 Å². The molecule has 13 heavy (non-hydrogen) atoms. The molecule has 0 aliphatic heterocycles. The lowest BCUT2D eigenvalue weighted by Crippen LogP contribution is -2.05. The lowest BCUT2D eigenvalue weighted by Gasteiger charge is -1.96. The fraction of sp³-hybridized carbons (Fsp3) is 0.100. The van der Waals surface area contributed by atoms with Gasteiger partial charge in [-0.3, -0.25) is 4.79 Å². The molecule has 68 valence electrons. The number of rotatable bonds is 2. The van der Waals surface area contributed by atoms with Gasteiger partial charge in [-0.2, -0.15) is 0 Å². The number of halogens is 1. The third kappa shape index (κ3) is 3.07. The molecule has 1 amide bonds. The molecule has 0 saturated heterocycles. The molecule has 0 aromatic heterocycles. The fourth-order valence-corrected chi connectivity index (χ4v) is 1.04. The van der Waals surface area contributed by atoms with Crippen molar-refractivity contribution in [1.82, 2.24) is 0 Å². The predicted octanol–water partition coefficient (Wildman–Crippen LogP) is 1.63. The van der Waals surface area contributed by atoms with E-state index in [9.17, 15) is 9.18 Å². The summed E-state index contributed by atoms with van der Waals surface area (Å²) in [5.41, 5.74) is 6.34. The monoisotopic (exact) mass is 179 g/mol. The zero-order valence-corrected chi connectivity index (χ0v) is 7.25. The molecule has 0 spiro atoms. The van der Waals surface area contributed by atoms with Crippen molar-refractivity contribution in [1.29, 1.82) is 0 Å². The second-order valence-corrected chi connectivity index (χ2v) is 2.80. The van der Waals surface area contributed by atoms with Crippen LogP contribution in [0, 0.1) is 12.7 Å². The van der Waals surface area contributed by atoms with Crippen molar-refractivity contribution in [3.8, 4) is 0 Å². The summed E-state index contributed by atoms with van der Waals surface area (Å²) in [4.78, 5) is 10.4. The van der Waals surface area contributed by atoms with E-state index >= 15 is 0 Å². The Morgan fingerprint density at radius 3 is 2.69 bits per heavy atom. The Kier molecular flexibility index (Phi) is 2.80. The zero-order valence-electron chi connectivity index (χ0n) is 7.25. The number of benzene rings is 1. The summed E-state index contributed by atoms with van der Waals surface area (Å²) >= 11 is 0. The van der Waals surface area contributed by atoms with E-state index in [0.29, 0.717) is 5.56 Å². The van der Waals surface area contributed by atoms with Gasteiger partial charge in [0.15, 0.2) is 0 Å². The second-order valence-electron chi connectivity index (χ2n) is 2.80. The number of aryl methyl sites for hydroxylation is 1. The van der Waals surface area contributed by atoms with Crippen LogP contribution in [0.5, 0.6) is 0 Å². The van der Waals surface area contributed by atoms with Gasteiger partial charge in [0.05, 0.1) is 0 Å². The smallest absolute Gasteiger partial charge is 0.241 e. The third-order valence-electron chi connectivity index (χ3n) is 1.50. The van der Waals surface area contributed by atoms with Gasteiger partial charge in [-0.1, -0.05) is 6.07 Å². The van der Waals surface area contributed by atoms with Gasteiger partial charge in [0.25, 0.3) is 0 Å². The first-order chi connectivity index (χ1) is 6.08. The summed E-state index contributed by atoms with van der Waals surface area (Å²) in [5, 5.41) is 0. The van der Waals surface area contributed by atoms with E-state index < -0.39 is 5.91 Å². The first-order valence-electron chi connectivity index (χ1n) is 3.82. The molecule has 0 atom stereocenters. The number of hydrogen-bond acceptors (Lipinski definition) is 1. The highest BCUT2D eigenvalue weighted by Crippen LogP contribution is 2.09. The van der Waals surface area contributed by atoms with Crippen LogP contribution in [0.3, 0.4) is 0 Å². The van der Waals surface area contributed by atoms with Gasteiger partial charge < -0.3 is 5.73 Å². The second kappa shape index (κ2) is 3.85. The summed E-state index contributed by atoms with van der Waals surface area (Å²) in [5.74, 6) is -0.856. The maximum Gasteiger partial charge on any atom is 0.241 e. The largest absolute Gasteiger partial charge is 0.366 e. The minimum Gasteiger partial charge on any atom is -0.366 e. The standard InChI is InChI=1S/C10H10FNO/c1-7-4-8(2-3-10(12)13)6-9(11)5-7/h2-6H,1H3,(H2,12,13). The molecule has 2 nitrogen and oxygen atoms in total. The maximum atomic E-state index is 12.8. The van der Waals surface area contributed by atoms with Crippen LogP contribution in [-0.2, 0) is 4.79 Å². The average Bonchev–Trinajstić information content (AvgIpc) is 1.99. The number of hydrogen-bond donors (Lipinski definition) is 1. The molecule has 0 aliphatic carbocycles. The van der Waals surface area contributed by atoms with Gasteiger partial charge >= 0.3 is 0 Å². The van der Waals surface area contributed by atoms with Crippen LogP contribution in [-0.4, -0.2) is 5.91 Å². The fourth-order valence-electron chi connectivity index (χ4n) is 1.04. The number of nitrogens with two attached hydrogens (primary N) is 1. The lowest BCUT2D eigenvalue weighted by molar-refractivity contribution is -0.113. The summed E-state index contributed by atoms with van der Waals surface area (Å²) in [7, 11) is 0. The zero-order chi connectivity index (χ0) is 9.84. The Labute approximate surface area is 75.9 Å². The Bertz CT molecular complexity index is 338. The van der Waals surface area contributed by atoms with Crippen LogP contribution < -0.4 is 5.73 Å². The molecular weight excluding hydrogens is 169 g/mol. The molecule has 0 bridgehead atoms. The Hall–Kier alpha value is -1.64. The van der Waals surface area contributed by atoms with Gasteiger partial charge in [-0.05, 0) is 36.3 Å². The molecular formula is C10H10FNO. The van der Waals surface area contributed by atoms with Crippen LogP contribution in [0.1, 0.15) is 11.1 Å². The van der Waals surface area contributed by atoms with E-state index in [1.807, 2.05) is 0 Å². The predicted molar refractivity (Wildman–Crippen MR) is 49.4 cm³/mol. The normalized spacial score (nSPS) is 10.6. The third-order valence-corrected chi connectivity index (χ3v) is 1.50. The molecule has 0 heterocycles. The van der Waals surface area contributed by atoms with E-state index in [-0.39, 0.29) is 5.82 Å². The van der Waals surface area contributed by atoms with E-state index in [1.165, 1.54) is 24.3 Å². The summed E-state index contributed by atoms with van der Waals surface area (Å²) in [6, 6.07) is 4.52. The van der Waals surface area contributed by atoms with Crippen LogP contribution in [0.15, 0.2) is 24.3 Å². The number of primary amides is 1. The van der Waals surface area contributed by atoms with Gasteiger partial charge in [-0.15, -0.1) is 0 Å². The van der Waals surface area contributed by atoms with Gasteiger partial charge in [0, 0.05) is 6.08 Å². The molecule has 0 aliphatic rings. The van der Waals surface area contributed by atoms with Crippen LogP contribution in [0.25, 0.3) is 6.08 Å². The van der Waals surface area contributed by atoms with E-state index in [2.05, 4.69) is 0 Å². The number of amides is 1. The van der Waals surface area contributed by atoms with Crippen molar-refractivity contribution in [2.24, 2.45) is 5.73 Å². The van der Waals surface area contributed by atoms with E-state index in [4.69, 9.17) is 5.73 Å². The van der Waals surface area contributed by atoms with Crippen LogP contribution in [0.4, 0.5) is 4.39 Å². The number of carbonyl (C=O) groups excluding carboxylic acids is 1. The van der Waals surface area contributed by atoms with Gasteiger partial charge in [-0.25, -0.2) is 4.39 Å². The molecule has 1 aromatic carbocycles. The molecule has 2 N–H and O–H groups in total. The highest BCUT2D eigenvalue weighted by atomic mass is 19.1. The van der Waals surface area contributed by atoms with Crippen molar-refractivity contribution in [2.45, 2.75) is 6.92 Å². The molecule has 1 rings (SSSR count). The topological polar surface area (TPSA) is 43.1 Å². The van der Waals surface area contributed by atoms with Crippen LogP contribution >= 0.6 is 0 Å². The Balaban J connectivity index is 2.95. The molecule has 0 unspecified atom stereocenters. The van der Waals surface area contributed by atoms with E-state index in [0.717, 1.165) is 5.56 Å². The lowest BCUT2D eigenvalue weighted by atomic mass is 10.1. The summed E-state index contributed by atoms with van der Waals surface area (Å²) < 4.78 is 12.8. The SMILES string of the molecule is Cc1cc(F)cc(C=CC(N)=O)c1. The van der Waals surface area contributed by atoms with Crippen LogP contribution in [0.2, 0.25) is 0 Å². The van der Waals surface area contributed by atoms with Crippen molar-refractivity contribution in [3.63, 3.8) is 0 Å². The minimum atomic E-state index is -0.540. The van der Waals surface area contributed by atoms with Crippen molar-refractivity contribution < 1.29 is 9.18 Å². The molecule has 0 fully saturated rings. The Morgan fingerprint density at radius 1 is 1.46 bits per heavy atom. The summed E-state index contributed by atoms with van der Waals surface area (Å²) in [6.45, 7) is 1.78. The molecule has 0 radical (unpaired) electrons. The quantitative estimate of drug-likeness (QED) is 0.689. The van der Waals surface area contributed by atoms with Gasteiger partial charge in [0.1, 0.15) is 5.82 Å². The average molecular weight is 179 g/mol. The minimum absolute atomic E-state index is 0.316. The molecule has 3 heteroatoms. The van der Waals surface area contributed by atoms with Crippen molar-refractivity contribution in [2.75, 3.05) is 0 Å². The highest BCUT2D eigenvalue weighted by Gasteiger charge is 1.94. The van der Waals surface area contributed by atoms with E-state index in [1.54, 1.807) is 13.0 Å².